The Morgan fingerprint density at radius 1 is 1.60 bits per heavy atom. The molecule has 0 fully saturated rings. The highest BCUT2D eigenvalue weighted by Gasteiger charge is 2.13. The molecular weight excluding hydrogens is 218 g/mol. The molecule has 0 spiro atoms. The number of hydrogen-bond donors (Lipinski definition) is 1. The standard InChI is InChI=1S/C8H11N3O3S/c1-11(2)8(12)6-4-3-5-9-7(6)10-15(13)14/h3-5H,1-2H3,(H,9,10)(H,13,14)/p-1. The van der Waals surface area contributed by atoms with E-state index in [0.29, 0.717) is 0 Å². The van der Waals surface area contributed by atoms with E-state index in [9.17, 15) is 13.6 Å². The van der Waals surface area contributed by atoms with E-state index in [0.717, 1.165) is 0 Å². The highest BCUT2D eigenvalue weighted by atomic mass is 32.2. The van der Waals surface area contributed by atoms with Crippen molar-refractivity contribution < 1.29 is 13.6 Å². The molecule has 0 saturated carbocycles. The fourth-order valence-corrected chi connectivity index (χ4v) is 1.30. The number of nitrogens with one attached hydrogen (secondary N) is 1. The van der Waals surface area contributed by atoms with Crippen LogP contribution < -0.4 is 4.72 Å². The smallest absolute Gasteiger partial charge is 0.257 e. The second kappa shape index (κ2) is 4.85. The van der Waals surface area contributed by atoms with Crippen LogP contribution in [0.25, 0.3) is 0 Å². The number of rotatable bonds is 3. The maximum Gasteiger partial charge on any atom is 0.257 e. The second-order valence-electron chi connectivity index (χ2n) is 2.94. The Hall–Kier alpha value is -1.47. The van der Waals surface area contributed by atoms with Crippen molar-refractivity contribution in [2.45, 2.75) is 0 Å². The lowest BCUT2D eigenvalue weighted by Gasteiger charge is -2.14. The Morgan fingerprint density at radius 2 is 2.27 bits per heavy atom. The molecule has 1 heterocycles. The molecule has 1 rings (SSSR count). The highest BCUT2D eigenvalue weighted by Crippen LogP contribution is 2.13. The van der Waals surface area contributed by atoms with Gasteiger partial charge in [0.1, 0.15) is 5.82 Å². The second-order valence-corrected chi connectivity index (χ2v) is 3.61. The summed E-state index contributed by atoms with van der Waals surface area (Å²) < 4.78 is 22.9. The first-order valence-electron chi connectivity index (χ1n) is 4.05. The van der Waals surface area contributed by atoms with E-state index in [2.05, 4.69) is 9.71 Å². The molecule has 15 heavy (non-hydrogen) atoms. The van der Waals surface area contributed by atoms with Crippen molar-refractivity contribution in [3.8, 4) is 0 Å². The van der Waals surface area contributed by atoms with Gasteiger partial charge in [-0.3, -0.25) is 13.7 Å². The van der Waals surface area contributed by atoms with Gasteiger partial charge in [0.05, 0.1) is 5.56 Å². The van der Waals surface area contributed by atoms with Gasteiger partial charge in [0.15, 0.2) is 0 Å². The van der Waals surface area contributed by atoms with E-state index in [1.54, 1.807) is 20.2 Å². The summed E-state index contributed by atoms with van der Waals surface area (Å²) in [5.74, 6) is -0.277. The van der Waals surface area contributed by atoms with Crippen molar-refractivity contribution in [2.75, 3.05) is 18.8 Å². The molecule has 1 amide bonds. The predicted molar refractivity (Wildman–Crippen MR) is 54.8 cm³/mol. The average molecular weight is 228 g/mol. The van der Waals surface area contributed by atoms with Crippen molar-refractivity contribution in [3.63, 3.8) is 0 Å². The molecule has 7 heteroatoms. The lowest BCUT2D eigenvalue weighted by Crippen LogP contribution is -2.23. The van der Waals surface area contributed by atoms with Crippen LogP contribution in [0.1, 0.15) is 10.4 Å². The number of aromatic nitrogens is 1. The Morgan fingerprint density at radius 3 is 2.80 bits per heavy atom. The molecule has 1 aromatic heterocycles. The Labute approximate surface area is 89.7 Å². The topological polar surface area (TPSA) is 85.4 Å². The van der Waals surface area contributed by atoms with Crippen LogP contribution in [0.2, 0.25) is 0 Å². The Kier molecular flexibility index (Phi) is 3.75. The van der Waals surface area contributed by atoms with Crippen molar-refractivity contribution in [3.05, 3.63) is 23.9 Å². The average Bonchev–Trinajstić information content (AvgIpc) is 2.16. The van der Waals surface area contributed by atoms with Crippen molar-refractivity contribution >= 4 is 23.0 Å². The Balaban J connectivity index is 3.06. The van der Waals surface area contributed by atoms with Gasteiger partial charge < -0.3 is 9.45 Å². The van der Waals surface area contributed by atoms with Gasteiger partial charge in [-0.25, -0.2) is 4.98 Å². The summed E-state index contributed by atoms with van der Waals surface area (Å²) >= 11 is -2.49. The SMILES string of the molecule is CN(C)C(=O)c1cccnc1NS(=O)[O-]. The van der Waals surface area contributed by atoms with Gasteiger partial charge >= 0.3 is 0 Å². The zero-order valence-electron chi connectivity index (χ0n) is 8.26. The highest BCUT2D eigenvalue weighted by molar-refractivity contribution is 7.80. The third-order valence-electron chi connectivity index (χ3n) is 1.62. The van der Waals surface area contributed by atoms with Gasteiger partial charge in [0, 0.05) is 31.6 Å². The molecule has 0 aliphatic heterocycles. The minimum Gasteiger partial charge on any atom is -0.755 e. The first-order valence-corrected chi connectivity index (χ1v) is 5.12. The molecule has 0 aromatic carbocycles. The number of anilines is 1. The van der Waals surface area contributed by atoms with Gasteiger partial charge in [-0.1, -0.05) is 0 Å². The van der Waals surface area contributed by atoms with Crippen molar-refractivity contribution in [1.82, 2.24) is 9.88 Å². The summed E-state index contributed by atoms with van der Waals surface area (Å²) in [6, 6.07) is 3.07. The fraction of sp³-hybridized carbons (Fsp3) is 0.250. The van der Waals surface area contributed by atoms with E-state index in [1.165, 1.54) is 17.2 Å². The van der Waals surface area contributed by atoms with E-state index < -0.39 is 11.3 Å². The summed E-state index contributed by atoms with van der Waals surface area (Å²) in [5.41, 5.74) is 0.215. The summed E-state index contributed by atoms with van der Waals surface area (Å²) in [4.78, 5) is 16.7. The molecule has 1 N–H and O–H groups in total. The largest absolute Gasteiger partial charge is 0.755 e. The summed E-state index contributed by atoms with van der Waals surface area (Å²) in [6.07, 6.45) is 1.40. The first kappa shape index (κ1) is 11.6. The third-order valence-corrected chi connectivity index (χ3v) is 1.98. The van der Waals surface area contributed by atoms with E-state index >= 15 is 0 Å². The molecule has 0 aliphatic carbocycles. The number of nitrogens with zero attached hydrogens (tertiary/aromatic N) is 2. The quantitative estimate of drug-likeness (QED) is 0.737. The minimum absolute atomic E-state index is 0.0320. The van der Waals surface area contributed by atoms with Crippen LogP contribution in [0, 0.1) is 0 Å². The maximum atomic E-state index is 11.6. The van der Waals surface area contributed by atoms with Gasteiger partial charge in [-0.2, -0.15) is 0 Å². The maximum absolute atomic E-state index is 11.6. The lowest BCUT2D eigenvalue weighted by atomic mass is 10.2. The predicted octanol–water partition coefficient (Wildman–Crippen LogP) is -0.0106. The fourth-order valence-electron chi connectivity index (χ4n) is 0.979. The Bertz CT molecular complexity index is 394. The zero-order chi connectivity index (χ0) is 11.4. The molecule has 1 unspecified atom stereocenters. The van der Waals surface area contributed by atoms with Crippen LogP contribution >= 0.6 is 0 Å². The molecule has 1 aromatic rings. The van der Waals surface area contributed by atoms with E-state index in [-0.39, 0.29) is 17.3 Å². The number of pyridine rings is 1. The van der Waals surface area contributed by atoms with Crippen LogP contribution in [-0.4, -0.2) is 38.6 Å². The summed E-state index contributed by atoms with van der Waals surface area (Å²) in [6.45, 7) is 0. The van der Waals surface area contributed by atoms with Gasteiger partial charge in [0.2, 0.25) is 0 Å². The van der Waals surface area contributed by atoms with Crippen LogP contribution in [-0.2, 0) is 11.3 Å². The van der Waals surface area contributed by atoms with Gasteiger partial charge in [-0.05, 0) is 12.1 Å². The number of carbonyl (C=O) groups excluding carboxylic acids is 1. The van der Waals surface area contributed by atoms with Crippen molar-refractivity contribution in [1.29, 1.82) is 0 Å². The van der Waals surface area contributed by atoms with E-state index in [4.69, 9.17) is 0 Å². The third kappa shape index (κ3) is 3.00. The van der Waals surface area contributed by atoms with Gasteiger partial charge in [-0.15, -0.1) is 0 Å². The molecule has 0 aliphatic rings. The number of carbonyl (C=O) groups is 1. The summed E-state index contributed by atoms with van der Waals surface area (Å²) in [5, 5.41) is 0. The summed E-state index contributed by atoms with van der Waals surface area (Å²) in [7, 11) is 3.15. The molecular formula is C8H10N3O3S-. The minimum atomic E-state index is -2.49. The molecule has 0 bridgehead atoms. The molecule has 0 radical (unpaired) electrons. The number of amides is 1. The van der Waals surface area contributed by atoms with Crippen LogP contribution in [0.3, 0.4) is 0 Å². The molecule has 6 nitrogen and oxygen atoms in total. The van der Waals surface area contributed by atoms with Crippen LogP contribution in [0.4, 0.5) is 5.82 Å². The van der Waals surface area contributed by atoms with Crippen LogP contribution in [0.5, 0.6) is 0 Å². The molecule has 82 valence electrons. The van der Waals surface area contributed by atoms with Crippen LogP contribution in [0.15, 0.2) is 18.3 Å². The van der Waals surface area contributed by atoms with Crippen molar-refractivity contribution in [2.24, 2.45) is 0 Å². The van der Waals surface area contributed by atoms with E-state index in [1.807, 2.05) is 0 Å². The zero-order valence-corrected chi connectivity index (χ0v) is 9.08. The normalized spacial score (nSPS) is 11.9. The van der Waals surface area contributed by atoms with Gasteiger partial charge in [0.25, 0.3) is 5.91 Å². The number of hydrogen-bond acceptors (Lipinski definition) is 4. The monoisotopic (exact) mass is 228 g/mol. The first-order chi connectivity index (χ1) is 7.02. The lowest BCUT2D eigenvalue weighted by molar-refractivity contribution is 0.0828. The molecule has 1 atom stereocenters. The molecule has 0 saturated heterocycles.